The molecule has 12 nitrogen and oxygen atoms in total. The standard InChI is InChI=1S/C29H36ClN9O3/c1-41-13-14-42-21-8-9-22-24(16-21)34-12-4-2-3-5-23(29-37-25(17-31)28(22)38-29)36-27(40)11-6-19-15-20(30)7-10-26(19)39(33)18-35-32/h6-11,15-16,18,23,25,28,34H,2-5,12-14,32-33H2,1H3,(H,36,40)(H,37,38)/b11-6+,35-18-/t23-,25?,28?/m0/s1. The van der Waals surface area contributed by atoms with Gasteiger partial charge in [0.2, 0.25) is 5.91 Å². The molecule has 0 saturated heterocycles. The summed E-state index contributed by atoms with van der Waals surface area (Å²) in [4.78, 5) is 18.0. The molecule has 2 bridgehead atoms. The first-order valence-electron chi connectivity index (χ1n) is 13.7. The number of ether oxygens (including phenoxy) is 2. The van der Waals surface area contributed by atoms with Crippen LogP contribution in [0, 0.1) is 11.3 Å². The minimum Gasteiger partial charge on any atom is -0.491 e. The zero-order valence-corrected chi connectivity index (χ0v) is 24.2. The molecule has 0 fully saturated rings. The van der Waals surface area contributed by atoms with Crippen molar-refractivity contribution < 1.29 is 14.3 Å². The van der Waals surface area contributed by atoms with Gasteiger partial charge in [-0.15, -0.1) is 0 Å². The first-order valence-corrected chi connectivity index (χ1v) is 14.1. The van der Waals surface area contributed by atoms with E-state index in [2.05, 4.69) is 27.1 Å². The summed E-state index contributed by atoms with van der Waals surface area (Å²) in [6.07, 6.45) is 7.72. The maximum absolute atomic E-state index is 13.1. The van der Waals surface area contributed by atoms with E-state index < -0.39 is 18.1 Å². The molecule has 1 amide bonds. The van der Waals surface area contributed by atoms with Gasteiger partial charge in [0.1, 0.15) is 36.6 Å². The lowest BCUT2D eigenvalue weighted by molar-refractivity contribution is -0.116. The highest BCUT2D eigenvalue weighted by Crippen LogP contribution is 2.35. The molecule has 2 aromatic carbocycles. The molecule has 0 spiro atoms. The number of hydrazine groups is 1. The minimum absolute atomic E-state index is 0.324. The fourth-order valence-electron chi connectivity index (χ4n) is 4.89. The van der Waals surface area contributed by atoms with Gasteiger partial charge in [0.05, 0.1) is 24.4 Å². The Labute approximate surface area is 250 Å². The molecule has 2 aliphatic heterocycles. The van der Waals surface area contributed by atoms with Gasteiger partial charge in [-0.3, -0.25) is 14.8 Å². The van der Waals surface area contributed by atoms with Gasteiger partial charge in [0.25, 0.3) is 0 Å². The van der Waals surface area contributed by atoms with E-state index in [-0.39, 0.29) is 5.91 Å². The van der Waals surface area contributed by atoms with Crippen molar-refractivity contribution in [1.82, 2.24) is 10.6 Å². The molecule has 4 rings (SSSR count). The van der Waals surface area contributed by atoms with Crippen LogP contribution in [0.15, 0.2) is 52.6 Å². The first-order chi connectivity index (χ1) is 20.4. The summed E-state index contributed by atoms with van der Waals surface area (Å²) in [5.74, 6) is 12.2. The van der Waals surface area contributed by atoms with Gasteiger partial charge in [-0.05, 0) is 43.2 Å². The third kappa shape index (κ3) is 7.91. The van der Waals surface area contributed by atoms with Crippen LogP contribution in [0.5, 0.6) is 5.75 Å². The SMILES string of the molecule is COCCOc1ccc2c(c1)NCCCCC[C@H](NC(=O)/C=C/c1cc(Cl)ccc1N(N)/C=N\N)C1=NC2C(C#N)N1. The van der Waals surface area contributed by atoms with Crippen molar-refractivity contribution in [1.29, 1.82) is 5.26 Å². The number of nitrogens with two attached hydrogens (primary N) is 2. The molecule has 0 saturated carbocycles. The summed E-state index contributed by atoms with van der Waals surface area (Å²) in [5, 5.41) is 25.0. The Bertz CT molecular complexity index is 1370. The van der Waals surface area contributed by atoms with Gasteiger partial charge in [0, 0.05) is 47.6 Å². The van der Waals surface area contributed by atoms with Gasteiger partial charge in [-0.2, -0.15) is 10.4 Å². The number of carbonyl (C=O) groups is 1. The molecular formula is C29H36ClN9O3. The Kier molecular flexibility index (Phi) is 11.0. The fourth-order valence-corrected chi connectivity index (χ4v) is 5.07. The molecule has 13 heteroatoms. The third-order valence-corrected chi connectivity index (χ3v) is 7.18. The largest absolute Gasteiger partial charge is 0.491 e. The molecule has 7 N–H and O–H groups in total. The molecular weight excluding hydrogens is 558 g/mol. The van der Waals surface area contributed by atoms with E-state index in [9.17, 15) is 10.1 Å². The number of rotatable bonds is 9. The molecule has 2 aromatic rings. The van der Waals surface area contributed by atoms with Gasteiger partial charge in [0.15, 0.2) is 0 Å². The van der Waals surface area contributed by atoms with Gasteiger partial charge < -0.3 is 31.3 Å². The zero-order chi connectivity index (χ0) is 29.9. The summed E-state index contributed by atoms with van der Waals surface area (Å²) < 4.78 is 10.9. The van der Waals surface area contributed by atoms with Gasteiger partial charge >= 0.3 is 0 Å². The molecule has 222 valence electrons. The topological polar surface area (TPSA) is 175 Å². The van der Waals surface area contributed by atoms with Crippen molar-refractivity contribution in [3.8, 4) is 11.8 Å². The highest BCUT2D eigenvalue weighted by Gasteiger charge is 2.35. The maximum atomic E-state index is 13.1. The smallest absolute Gasteiger partial charge is 0.244 e. The number of halogens is 1. The van der Waals surface area contributed by atoms with Crippen LogP contribution in [-0.2, 0) is 9.53 Å². The van der Waals surface area contributed by atoms with Crippen LogP contribution in [0.1, 0.15) is 42.9 Å². The van der Waals surface area contributed by atoms with E-state index in [0.717, 1.165) is 37.1 Å². The summed E-state index contributed by atoms with van der Waals surface area (Å²) in [5.41, 5.74) is 2.92. The molecule has 2 unspecified atom stereocenters. The van der Waals surface area contributed by atoms with Crippen LogP contribution in [0.3, 0.4) is 0 Å². The van der Waals surface area contributed by atoms with E-state index in [1.807, 2.05) is 18.2 Å². The summed E-state index contributed by atoms with van der Waals surface area (Å²) in [7, 11) is 1.63. The molecule has 0 aliphatic carbocycles. The number of amidine groups is 1. The predicted octanol–water partition coefficient (Wildman–Crippen LogP) is 3.07. The highest BCUT2D eigenvalue weighted by molar-refractivity contribution is 6.30. The Hall–Kier alpha value is -4.31. The number of carbonyl (C=O) groups excluding carboxylic acids is 1. The number of amides is 1. The van der Waals surface area contributed by atoms with E-state index >= 15 is 0 Å². The minimum atomic E-state index is -0.592. The Morgan fingerprint density at radius 3 is 2.93 bits per heavy atom. The van der Waals surface area contributed by atoms with Crippen LogP contribution in [0.4, 0.5) is 11.4 Å². The molecule has 2 heterocycles. The first kappa shape index (κ1) is 30.6. The van der Waals surface area contributed by atoms with Crippen molar-refractivity contribution in [2.45, 2.75) is 43.8 Å². The Morgan fingerprint density at radius 2 is 2.14 bits per heavy atom. The number of methoxy groups -OCH3 is 1. The summed E-state index contributed by atoms with van der Waals surface area (Å²) >= 11 is 6.18. The van der Waals surface area contributed by atoms with Crippen molar-refractivity contribution in [2.75, 3.05) is 37.2 Å². The predicted molar refractivity (Wildman–Crippen MR) is 165 cm³/mol. The molecule has 0 aromatic heterocycles. The number of nitriles is 1. The lowest BCUT2D eigenvalue weighted by Crippen LogP contribution is -2.46. The summed E-state index contributed by atoms with van der Waals surface area (Å²) in [6, 6.07) is 11.7. The third-order valence-electron chi connectivity index (χ3n) is 6.94. The fraction of sp³-hybridized carbons (Fsp3) is 0.379. The van der Waals surface area contributed by atoms with E-state index in [1.165, 1.54) is 17.4 Å². The van der Waals surface area contributed by atoms with Crippen molar-refractivity contribution >= 4 is 47.1 Å². The average Bonchev–Trinajstić information content (AvgIpc) is 3.41. The molecule has 3 atom stereocenters. The van der Waals surface area contributed by atoms with Crippen LogP contribution < -0.4 is 37.4 Å². The Balaban J connectivity index is 1.57. The van der Waals surface area contributed by atoms with E-state index in [4.69, 9.17) is 37.8 Å². The second-order valence-electron chi connectivity index (χ2n) is 9.85. The second-order valence-corrected chi connectivity index (χ2v) is 10.3. The highest BCUT2D eigenvalue weighted by atomic mass is 35.5. The Morgan fingerprint density at radius 1 is 1.29 bits per heavy atom. The normalized spacial score (nSPS) is 20.3. The summed E-state index contributed by atoms with van der Waals surface area (Å²) in [6.45, 7) is 1.68. The number of hydrogen-bond donors (Lipinski definition) is 5. The lowest BCUT2D eigenvalue weighted by atomic mass is 9.99. The monoisotopic (exact) mass is 593 g/mol. The van der Waals surface area contributed by atoms with Crippen molar-refractivity contribution in [3.05, 3.63) is 58.6 Å². The van der Waals surface area contributed by atoms with Gasteiger partial charge in [-0.1, -0.05) is 30.5 Å². The molecule has 0 radical (unpaired) electrons. The number of hydrogen-bond acceptors (Lipinski definition) is 10. The lowest BCUT2D eigenvalue weighted by Gasteiger charge is -2.19. The number of fused-ring (bicyclic) bond motifs is 3. The van der Waals surface area contributed by atoms with Crippen LogP contribution in [0.2, 0.25) is 5.02 Å². The van der Waals surface area contributed by atoms with Crippen LogP contribution in [0.25, 0.3) is 6.08 Å². The van der Waals surface area contributed by atoms with Crippen molar-refractivity contribution in [2.24, 2.45) is 21.8 Å². The van der Waals surface area contributed by atoms with Crippen LogP contribution in [-0.4, -0.2) is 57.0 Å². The number of nitrogens with one attached hydrogen (secondary N) is 3. The van der Waals surface area contributed by atoms with E-state index in [0.29, 0.717) is 47.5 Å². The number of hydrazone groups is 1. The maximum Gasteiger partial charge on any atom is 0.244 e. The van der Waals surface area contributed by atoms with Crippen molar-refractivity contribution in [3.63, 3.8) is 0 Å². The second kappa shape index (κ2) is 15.1. The van der Waals surface area contributed by atoms with Crippen LogP contribution >= 0.6 is 11.6 Å². The van der Waals surface area contributed by atoms with Gasteiger partial charge in [-0.25, -0.2) is 5.84 Å². The number of nitrogens with zero attached hydrogens (tertiary/aromatic N) is 4. The number of aliphatic imine (C=N–C) groups is 1. The number of anilines is 2. The number of benzene rings is 2. The quantitative estimate of drug-likeness (QED) is 0.0730. The van der Waals surface area contributed by atoms with E-state index in [1.54, 1.807) is 31.4 Å². The molecule has 42 heavy (non-hydrogen) atoms. The average molecular weight is 594 g/mol. The molecule has 2 aliphatic rings. The zero-order valence-electron chi connectivity index (χ0n) is 23.4.